The van der Waals surface area contributed by atoms with Gasteiger partial charge >= 0.3 is 0 Å². The molecule has 68 valence electrons. The first-order valence-corrected chi connectivity index (χ1v) is 5.04. The lowest BCUT2D eigenvalue weighted by molar-refractivity contribution is 0.568. The van der Waals surface area contributed by atoms with Crippen LogP contribution in [0.3, 0.4) is 0 Å². The second kappa shape index (κ2) is 5.11. The van der Waals surface area contributed by atoms with Crippen molar-refractivity contribution >= 4 is 16.5 Å². The van der Waals surface area contributed by atoms with E-state index >= 15 is 0 Å². The SMILES string of the molecule is CC(CCN)CNc1nccs1. The summed E-state index contributed by atoms with van der Waals surface area (Å²) in [5.74, 6) is 0.624. The number of aromatic nitrogens is 1. The van der Waals surface area contributed by atoms with Crippen molar-refractivity contribution in [2.24, 2.45) is 11.7 Å². The molecule has 1 unspecified atom stereocenters. The Labute approximate surface area is 77.0 Å². The third kappa shape index (κ3) is 3.19. The number of thiazole rings is 1. The van der Waals surface area contributed by atoms with E-state index in [4.69, 9.17) is 5.73 Å². The quantitative estimate of drug-likeness (QED) is 0.731. The van der Waals surface area contributed by atoms with E-state index < -0.39 is 0 Å². The van der Waals surface area contributed by atoms with Gasteiger partial charge in [-0.1, -0.05) is 6.92 Å². The summed E-state index contributed by atoms with van der Waals surface area (Å²) in [6.45, 7) is 3.92. The van der Waals surface area contributed by atoms with Gasteiger partial charge in [-0.05, 0) is 18.9 Å². The number of nitrogens with zero attached hydrogens (tertiary/aromatic N) is 1. The van der Waals surface area contributed by atoms with Crippen molar-refractivity contribution in [1.82, 2.24) is 4.98 Å². The fourth-order valence-electron chi connectivity index (χ4n) is 0.959. The number of rotatable bonds is 5. The Hall–Kier alpha value is -0.610. The molecule has 0 fully saturated rings. The first-order valence-electron chi connectivity index (χ1n) is 4.16. The summed E-state index contributed by atoms with van der Waals surface area (Å²) < 4.78 is 0. The normalized spacial score (nSPS) is 12.8. The van der Waals surface area contributed by atoms with Crippen molar-refractivity contribution in [2.45, 2.75) is 13.3 Å². The molecule has 0 aliphatic carbocycles. The Morgan fingerprint density at radius 2 is 2.58 bits per heavy atom. The van der Waals surface area contributed by atoms with Crippen LogP contribution < -0.4 is 11.1 Å². The van der Waals surface area contributed by atoms with Gasteiger partial charge in [0.1, 0.15) is 0 Å². The van der Waals surface area contributed by atoms with E-state index in [1.807, 2.05) is 5.38 Å². The first kappa shape index (κ1) is 9.48. The van der Waals surface area contributed by atoms with Crippen LogP contribution in [0.15, 0.2) is 11.6 Å². The van der Waals surface area contributed by atoms with Crippen LogP contribution in [0.2, 0.25) is 0 Å². The average Bonchev–Trinajstić information content (AvgIpc) is 2.53. The summed E-state index contributed by atoms with van der Waals surface area (Å²) >= 11 is 1.63. The molecular weight excluding hydrogens is 170 g/mol. The van der Waals surface area contributed by atoms with E-state index in [0.29, 0.717) is 5.92 Å². The number of nitrogens with one attached hydrogen (secondary N) is 1. The molecular formula is C8H15N3S. The lowest BCUT2D eigenvalue weighted by Crippen LogP contribution is -2.14. The molecule has 1 heterocycles. The molecule has 0 radical (unpaired) electrons. The summed E-state index contributed by atoms with van der Waals surface area (Å²) in [5.41, 5.74) is 5.44. The van der Waals surface area contributed by atoms with Crippen LogP contribution >= 0.6 is 11.3 Å². The zero-order chi connectivity index (χ0) is 8.81. The van der Waals surface area contributed by atoms with E-state index in [9.17, 15) is 0 Å². The maximum Gasteiger partial charge on any atom is 0.182 e. The second-order valence-corrected chi connectivity index (χ2v) is 3.80. The van der Waals surface area contributed by atoms with Gasteiger partial charge in [-0.2, -0.15) is 0 Å². The minimum absolute atomic E-state index is 0.624. The Balaban J connectivity index is 2.17. The molecule has 1 atom stereocenters. The molecule has 0 saturated carbocycles. The lowest BCUT2D eigenvalue weighted by atomic mass is 10.1. The summed E-state index contributed by atoms with van der Waals surface area (Å²) in [7, 11) is 0. The van der Waals surface area contributed by atoms with Crippen molar-refractivity contribution in [3.05, 3.63) is 11.6 Å². The molecule has 0 aliphatic heterocycles. The topological polar surface area (TPSA) is 50.9 Å². The average molecular weight is 185 g/mol. The van der Waals surface area contributed by atoms with Gasteiger partial charge in [-0.15, -0.1) is 11.3 Å². The Morgan fingerprint density at radius 1 is 1.75 bits per heavy atom. The van der Waals surface area contributed by atoms with Crippen LogP contribution in [0.5, 0.6) is 0 Å². The fraction of sp³-hybridized carbons (Fsp3) is 0.625. The van der Waals surface area contributed by atoms with Gasteiger partial charge < -0.3 is 11.1 Å². The largest absolute Gasteiger partial charge is 0.361 e. The van der Waals surface area contributed by atoms with Crippen molar-refractivity contribution in [1.29, 1.82) is 0 Å². The smallest absolute Gasteiger partial charge is 0.182 e. The summed E-state index contributed by atoms with van der Waals surface area (Å²) in [6, 6.07) is 0. The molecule has 0 aliphatic rings. The Kier molecular flexibility index (Phi) is 4.04. The number of hydrogen-bond donors (Lipinski definition) is 2. The highest BCUT2D eigenvalue weighted by Crippen LogP contribution is 2.11. The van der Waals surface area contributed by atoms with Gasteiger partial charge in [0, 0.05) is 18.1 Å². The molecule has 0 aromatic carbocycles. The summed E-state index contributed by atoms with van der Waals surface area (Å²) in [4.78, 5) is 4.12. The third-order valence-corrected chi connectivity index (χ3v) is 2.42. The van der Waals surface area contributed by atoms with Crippen LogP contribution in [-0.2, 0) is 0 Å². The van der Waals surface area contributed by atoms with Crippen LogP contribution in [0.4, 0.5) is 5.13 Å². The van der Waals surface area contributed by atoms with Crippen LogP contribution in [-0.4, -0.2) is 18.1 Å². The van der Waals surface area contributed by atoms with E-state index in [0.717, 1.165) is 24.6 Å². The molecule has 1 aromatic heterocycles. The van der Waals surface area contributed by atoms with Crippen molar-refractivity contribution in [2.75, 3.05) is 18.4 Å². The molecule has 0 saturated heterocycles. The van der Waals surface area contributed by atoms with Crippen molar-refractivity contribution in [3.63, 3.8) is 0 Å². The summed E-state index contributed by atoms with van der Waals surface area (Å²) in [5, 5.41) is 6.23. The lowest BCUT2D eigenvalue weighted by Gasteiger charge is -2.09. The molecule has 0 amide bonds. The van der Waals surface area contributed by atoms with E-state index in [2.05, 4.69) is 17.2 Å². The Bertz CT molecular complexity index is 198. The highest BCUT2D eigenvalue weighted by molar-refractivity contribution is 7.13. The molecule has 3 N–H and O–H groups in total. The predicted molar refractivity (Wildman–Crippen MR) is 53.4 cm³/mol. The first-order chi connectivity index (χ1) is 5.83. The van der Waals surface area contributed by atoms with Gasteiger partial charge in [-0.3, -0.25) is 0 Å². The minimum atomic E-state index is 0.624. The monoisotopic (exact) mass is 185 g/mol. The van der Waals surface area contributed by atoms with Crippen LogP contribution in [0.25, 0.3) is 0 Å². The van der Waals surface area contributed by atoms with Crippen LogP contribution in [0.1, 0.15) is 13.3 Å². The van der Waals surface area contributed by atoms with E-state index in [-0.39, 0.29) is 0 Å². The molecule has 12 heavy (non-hydrogen) atoms. The number of anilines is 1. The second-order valence-electron chi connectivity index (χ2n) is 2.90. The van der Waals surface area contributed by atoms with Crippen molar-refractivity contribution < 1.29 is 0 Å². The van der Waals surface area contributed by atoms with Gasteiger partial charge in [0.25, 0.3) is 0 Å². The molecule has 3 nitrogen and oxygen atoms in total. The maximum absolute atomic E-state index is 5.44. The fourth-order valence-corrected chi connectivity index (χ4v) is 1.50. The van der Waals surface area contributed by atoms with E-state index in [1.165, 1.54) is 0 Å². The summed E-state index contributed by atoms with van der Waals surface area (Å²) in [6.07, 6.45) is 2.87. The predicted octanol–water partition coefficient (Wildman–Crippen LogP) is 1.54. The zero-order valence-electron chi connectivity index (χ0n) is 7.29. The molecule has 0 bridgehead atoms. The number of nitrogens with two attached hydrogens (primary N) is 1. The van der Waals surface area contributed by atoms with Crippen molar-refractivity contribution in [3.8, 4) is 0 Å². The van der Waals surface area contributed by atoms with E-state index in [1.54, 1.807) is 17.5 Å². The highest BCUT2D eigenvalue weighted by atomic mass is 32.1. The minimum Gasteiger partial charge on any atom is -0.361 e. The molecule has 1 rings (SSSR count). The molecule has 4 heteroatoms. The van der Waals surface area contributed by atoms with Gasteiger partial charge in [-0.25, -0.2) is 4.98 Å². The maximum atomic E-state index is 5.44. The van der Waals surface area contributed by atoms with Gasteiger partial charge in [0.2, 0.25) is 0 Å². The van der Waals surface area contributed by atoms with Gasteiger partial charge in [0.05, 0.1) is 0 Å². The van der Waals surface area contributed by atoms with Crippen LogP contribution in [0, 0.1) is 5.92 Å². The zero-order valence-corrected chi connectivity index (χ0v) is 8.10. The standard InChI is InChI=1S/C8H15N3S/c1-7(2-3-9)6-11-8-10-4-5-12-8/h4-5,7H,2-3,6,9H2,1H3,(H,10,11). The molecule has 0 spiro atoms. The number of hydrogen-bond acceptors (Lipinski definition) is 4. The Morgan fingerprint density at radius 3 is 3.17 bits per heavy atom. The highest BCUT2D eigenvalue weighted by Gasteiger charge is 2.00. The van der Waals surface area contributed by atoms with Gasteiger partial charge in [0.15, 0.2) is 5.13 Å². The third-order valence-electron chi connectivity index (χ3n) is 1.69. The molecule has 1 aromatic rings.